The zero-order valence-corrected chi connectivity index (χ0v) is 25.8. The van der Waals surface area contributed by atoms with Crippen LogP contribution in [0.2, 0.25) is 0 Å². The van der Waals surface area contributed by atoms with Crippen molar-refractivity contribution < 1.29 is 53.9 Å². The maximum Gasteiger partial charge on any atom is 1.00 e. The Morgan fingerprint density at radius 2 is 2.10 bits per heavy atom. The van der Waals surface area contributed by atoms with E-state index in [-0.39, 0.29) is 63.0 Å². The number of aliphatic carboxylic acids is 1. The molecule has 5 rings (SSSR count). The first kappa shape index (κ1) is 29.6. The number of hydrogen-bond donors (Lipinski definition) is 2. The molecule has 2 aromatic heterocycles. The maximum atomic E-state index is 13.0. The number of nitrogens with two attached hydrogens (primary N) is 1. The molecule has 0 spiro atoms. The van der Waals surface area contributed by atoms with E-state index in [1.807, 2.05) is 12.1 Å². The Morgan fingerprint density at radius 3 is 2.79 bits per heavy atom. The number of hydrogen-bond acceptors (Lipinski definition) is 13. The molecule has 2 aliphatic heterocycles. The van der Waals surface area contributed by atoms with E-state index < -0.39 is 29.2 Å². The fourth-order valence-corrected chi connectivity index (χ4v) is 8.25. The number of carboxylic acids is 1. The predicted octanol–water partition coefficient (Wildman–Crippen LogP) is -2.15. The minimum atomic E-state index is -1.48. The summed E-state index contributed by atoms with van der Waals surface area (Å²) in [6.07, 6.45) is 0. The second-order valence-electron chi connectivity index (χ2n) is 8.01. The first-order valence-electron chi connectivity index (χ1n) is 11.0. The van der Waals surface area contributed by atoms with Gasteiger partial charge < -0.3 is 25.8 Å². The van der Waals surface area contributed by atoms with E-state index in [2.05, 4.69) is 15.5 Å². The number of carbonyl (C=O) groups excluding carboxylic acids is 3. The third kappa shape index (κ3) is 5.89. The number of β-lactam (4-membered cyclic amide) rings is 1. The molecule has 2 atom stereocenters. The van der Waals surface area contributed by atoms with Gasteiger partial charge in [-0.2, -0.15) is 0 Å². The van der Waals surface area contributed by atoms with Gasteiger partial charge in [0.05, 0.1) is 15.9 Å². The van der Waals surface area contributed by atoms with Crippen molar-refractivity contribution in [3.05, 3.63) is 62.9 Å². The van der Waals surface area contributed by atoms with Gasteiger partial charge in [-0.25, -0.2) is 4.98 Å². The summed E-state index contributed by atoms with van der Waals surface area (Å²) < 4.78 is 1.57. The number of fused-ring (bicyclic) bond motifs is 2. The molecule has 196 valence electrons. The van der Waals surface area contributed by atoms with Gasteiger partial charge in [-0.05, 0) is 17.7 Å². The van der Waals surface area contributed by atoms with Crippen LogP contribution in [0.15, 0.2) is 61.1 Å². The largest absolute Gasteiger partial charge is 1.00 e. The van der Waals surface area contributed by atoms with Crippen LogP contribution in [0.3, 0.4) is 0 Å². The standard InChI is InChI=1S/C23H19N5O6S4.Na/c1-34-27-16(12-9-37-23(24)25-12)19(30)26-17-20(31)28-18(22(32)33)10(8-36-21(17)28)7-35-15-6-13(29)11-4-2-3-5-14(11)38-15;/h2-6,9,17,21H,7-8H2,1H3,(H2,24,25)(H,26,30)(H,32,33);/q;+1/p-1/b27-16-;. The molecule has 4 heterocycles. The summed E-state index contributed by atoms with van der Waals surface area (Å²) in [4.78, 5) is 60.3. The smallest absolute Gasteiger partial charge is 0.543 e. The monoisotopic (exact) mass is 611 g/mol. The SMILES string of the molecule is CO/N=C(\C(=O)NC1C(=O)N2C(C(=O)[O-])=C(CSc3cc(=O)c4ccccc4s3)CSC12)c1csc(N)n1.[Na+]. The summed E-state index contributed by atoms with van der Waals surface area (Å²) in [5.41, 5.74) is 5.86. The molecule has 0 aliphatic carbocycles. The van der Waals surface area contributed by atoms with Gasteiger partial charge in [-0.3, -0.25) is 19.3 Å². The van der Waals surface area contributed by atoms with Gasteiger partial charge in [0, 0.05) is 33.0 Å². The fraction of sp³-hybridized carbons (Fsp3) is 0.217. The number of amides is 2. The minimum absolute atomic E-state index is 0. The van der Waals surface area contributed by atoms with Gasteiger partial charge in [0.2, 0.25) is 0 Å². The Balaban J connectivity index is 0.00000353. The molecule has 11 nitrogen and oxygen atoms in total. The number of nitrogen functional groups attached to an aromatic ring is 1. The molecule has 1 saturated heterocycles. The summed E-state index contributed by atoms with van der Waals surface area (Å²) in [5.74, 6) is -2.20. The number of carbonyl (C=O) groups is 3. The van der Waals surface area contributed by atoms with Crippen LogP contribution in [0, 0.1) is 0 Å². The second-order valence-corrected chi connectivity index (χ2v) is 12.4. The fourth-order valence-electron chi connectivity index (χ4n) is 4.00. The molecule has 0 saturated carbocycles. The molecule has 39 heavy (non-hydrogen) atoms. The first-order valence-corrected chi connectivity index (χ1v) is 14.7. The summed E-state index contributed by atoms with van der Waals surface area (Å²) in [7, 11) is 1.27. The molecule has 2 aliphatic rings. The van der Waals surface area contributed by atoms with Crippen molar-refractivity contribution in [2.24, 2.45) is 5.16 Å². The molecule has 16 heteroatoms. The number of rotatable bonds is 8. The van der Waals surface area contributed by atoms with Crippen molar-refractivity contribution in [2.45, 2.75) is 15.6 Å². The van der Waals surface area contributed by atoms with E-state index in [1.54, 1.807) is 12.1 Å². The molecule has 3 aromatic rings. The van der Waals surface area contributed by atoms with E-state index in [0.717, 1.165) is 25.1 Å². The Hall–Kier alpha value is -2.40. The Bertz CT molecular complexity index is 1590. The molecule has 1 aromatic carbocycles. The second kappa shape index (κ2) is 12.4. The van der Waals surface area contributed by atoms with E-state index in [4.69, 9.17) is 10.6 Å². The third-order valence-electron chi connectivity index (χ3n) is 5.69. The molecular weight excluding hydrogens is 594 g/mol. The average molecular weight is 612 g/mol. The van der Waals surface area contributed by atoms with Gasteiger partial charge >= 0.3 is 29.6 Å². The Labute approximate surface area is 260 Å². The molecule has 2 unspecified atom stereocenters. The van der Waals surface area contributed by atoms with Gasteiger partial charge in [0.25, 0.3) is 11.8 Å². The molecule has 0 bridgehead atoms. The third-order valence-corrected chi connectivity index (χ3v) is 10.1. The van der Waals surface area contributed by atoms with Crippen LogP contribution >= 0.6 is 46.2 Å². The minimum Gasteiger partial charge on any atom is -0.543 e. The van der Waals surface area contributed by atoms with Crippen molar-refractivity contribution in [1.82, 2.24) is 15.2 Å². The van der Waals surface area contributed by atoms with Crippen LogP contribution in [-0.2, 0) is 19.2 Å². The molecule has 1 fully saturated rings. The number of aromatic nitrogens is 1. The van der Waals surface area contributed by atoms with Crippen molar-refractivity contribution >= 4 is 84.9 Å². The number of anilines is 1. The van der Waals surface area contributed by atoms with E-state index in [0.29, 0.717) is 16.7 Å². The first-order chi connectivity index (χ1) is 18.3. The number of carboxylic acid groups (broad SMARTS) is 1. The van der Waals surface area contributed by atoms with Crippen molar-refractivity contribution in [3.63, 3.8) is 0 Å². The summed E-state index contributed by atoms with van der Waals surface area (Å²) in [6.45, 7) is 0. The van der Waals surface area contributed by atoms with Gasteiger partial charge in [-0.1, -0.05) is 17.3 Å². The zero-order chi connectivity index (χ0) is 27.0. The quantitative estimate of drug-likeness (QED) is 0.0943. The van der Waals surface area contributed by atoms with Gasteiger partial charge in [-0.15, -0.1) is 46.2 Å². The Kier molecular flexibility index (Phi) is 9.41. The topological polar surface area (TPSA) is 167 Å². The summed E-state index contributed by atoms with van der Waals surface area (Å²) in [6, 6.07) is 7.83. The Morgan fingerprint density at radius 1 is 1.33 bits per heavy atom. The number of oxime groups is 1. The summed E-state index contributed by atoms with van der Waals surface area (Å²) >= 11 is 5.21. The zero-order valence-electron chi connectivity index (χ0n) is 20.5. The van der Waals surface area contributed by atoms with E-state index in [1.165, 1.54) is 53.4 Å². The van der Waals surface area contributed by atoms with Crippen LogP contribution in [0.4, 0.5) is 5.13 Å². The number of thioether (sulfide) groups is 2. The molecule has 3 N–H and O–H groups in total. The summed E-state index contributed by atoms with van der Waals surface area (Å²) in [5, 5.41) is 20.1. The van der Waals surface area contributed by atoms with E-state index >= 15 is 0 Å². The normalized spacial score (nSPS) is 18.7. The van der Waals surface area contributed by atoms with Crippen molar-refractivity contribution in [3.8, 4) is 0 Å². The van der Waals surface area contributed by atoms with Crippen LogP contribution < -0.4 is 51.1 Å². The number of nitrogens with one attached hydrogen (secondary N) is 1. The van der Waals surface area contributed by atoms with Crippen LogP contribution in [0.25, 0.3) is 10.1 Å². The van der Waals surface area contributed by atoms with Gasteiger partial charge in [0.15, 0.2) is 16.3 Å². The number of thiazole rings is 1. The number of benzene rings is 1. The number of nitrogens with zero attached hydrogens (tertiary/aromatic N) is 3. The van der Waals surface area contributed by atoms with E-state index in [9.17, 15) is 24.3 Å². The van der Waals surface area contributed by atoms with Crippen molar-refractivity contribution in [1.29, 1.82) is 0 Å². The average Bonchev–Trinajstić information content (AvgIpc) is 3.33. The molecular formula is C23H18N5NaO6S4. The molecule has 0 radical (unpaired) electrons. The van der Waals surface area contributed by atoms with Crippen molar-refractivity contribution in [2.75, 3.05) is 24.3 Å². The predicted molar refractivity (Wildman–Crippen MR) is 146 cm³/mol. The van der Waals surface area contributed by atoms with Crippen LogP contribution in [-0.4, -0.2) is 63.4 Å². The maximum absolute atomic E-state index is 13.0. The molecule has 2 amide bonds. The van der Waals surface area contributed by atoms with Gasteiger partial charge in [0.1, 0.15) is 24.2 Å². The van der Waals surface area contributed by atoms with Crippen LogP contribution in [0.1, 0.15) is 5.69 Å². The van der Waals surface area contributed by atoms with Crippen LogP contribution in [0.5, 0.6) is 0 Å².